The van der Waals surface area contributed by atoms with Gasteiger partial charge in [-0.05, 0) is 0 Å². The van der Waals surface area contributed by atoms with Crippen molar-refractivity contribution in [3.8, 4) is 5.75 Å². The Morgan fingerprint density at radius 3 is 2.16 bits per heavy atom. The van der Waals surface area contributed by atoms with Crippen LogP contribution < -0.4 is 10.5 Å². The minimum Gasteiger partial charge on any atom is -0.481 e. The number of anilines is 1. The average molecular weight is 273 g/mol. The van der Waals surface area contributed by atoms with E-state index in [1.165, 1.54) is 12.4 Å². The van der Waals surface area contributed by atoms with Gasteiger partial charge < -0.3 is 10.5 Å². The van der Waals surface area contributed by atoms with Gasteiger partial charge in [-0.2, -0.15) is 8.78 Å². The summed E-state index contributed by atoms with van der Waals surface area (Å²) in [6, 6.07) is 0.0978. The number of aromatic nitrogens is 2. The minimum absolute atomic E-state index is 0.0978. The number of ether oxygens (including phenoxy) is 1. The van der Waals surface area contributed by atoms with Crippen molar-refractivity contribution in [2.45, 2.75) is 6.61 Å². The van der Waals surface area contributed by atoms with E-state index in [1.54, 1.807) is 0 Å². The van der Waals surface area contributed by atoms with Gasteiger partial charge in [0, 0.05) is 6.07 Å². The molecule has 0 radical (unpaired) electrons. The predicted molar refractivity (Wildman–Crippen MR) is 57.1 cm³/mol. The lowest BCUT2D eigenvalue weighted by Gasteiger charge is -2.08. The summed E-state index contributed by atoms with van der Waals surface area (Å²) in [4.78, 5) is 7.42. The molecule has 0 amide bonds. The zero-order chi connectivity index (χ0) is 14.0. The molecule has 0 aliphatic carbocycles. The van der Waals surface area contributed by atoms with Crippen LogP contribution in [0.5, 0.6) is 5.75 Å². The molecular weight excluding hydrogens is 266 g/mol. The molecule has 1 aromatic carbocycles. The first-order chi connectivity index (χ1) is 8.99. The second kappa shape index (κ2) is 5.09. The van der Waals surface area contributed by atoms with Crippen molar-refractivity contribution >= 4 is 5.82 Å². The Kier molecular flexibility index (Phi) is 3.50. The first-order valence-electron chi connectivity index (χ1n) is 5.01. The molecule has 2 rings (SSSR count). The molecule has 0 aliphatic rings. The first kappa shape index (κ1) is 13.1. The fourth-order valence-electron chi connectivity index (χ4n) is 1.26. The summed E-state index contributed by atoms with van der Waals surface area (Å²) < 4.78 is 57.0. The molecule has 0 saturated heterocycles. The highest BCUT2D eigenvalue weighted by atomic mass is 19.2. The maximum atomic E-state index is 13.2. The van der Waals surface area contributed by atoms with Gasteiger partial charge in [0.2, 0.25) is 11.6 Å². The molecule has 0 aliphatic heterocycles. The van der Waals surface area contributed by atoms with Gasteiger partial charge in [-0.3, -0.25) is 4.98 Å². The first-order valence-corrected chi connectivity index (χ1v) is 5.01. The third kappa shape index (κ3) is 2.72. The fraction of sp³-hybridized carbons (Fsp3) is 0.0909. The number of hydrogen-bond acceptors (Lipinski definition) is 4. The molecule has 100 valence electrons. The zero-order valence-corrected chi connectivity index (χ0v) is 9.33. The van der Waals surface area contributed by atoms with Crippen LogP contribution in [-0.4, -0.2) is 9.97 Å². The van der Waals surface area contributed by atoms with Crippen LogP contribution in [0, 0.1) is 23.3 Å². The lowest BCUT2D eigenvalue weighted by molar-refractivity contribution is 0.258. The van der Waals surface area contributed by atoms with E-state index in [1.807, 2.05) is 0 Å². The Labute approximate surface area is 104 Å². The Hall–Kier alpha value is -2.38. The van der Waals surface area contributed by atoms with E-state index in [4.69, 9.17) is 5.73 Å². The molecular formula is C11H7F4N3O. The van der Waals surface area contributed by atoms with Gasteiger partial charge in [0.05, 0.1) is 18.1 Å². The monoisotopic (exact) mass is 273 g/mol. The van der Waals surface area contributed by atoms with Crippen LogP contribution >= 0.6 is 0 Å². The van der Waals surface area contributed by atoms with E-state index in [2.05, 4.69) is 14.7 Å². The number of nitrogen functional groups attached to an aromatic ring is 1. The number of nitrogens with zero attached hydrogens (tertiary/aromatic N) is 2. The maximum Gasteiger partial charge on any atom is 0.203 e. The Bertz CT molecular complexity index is 578. The van der Waals surface area contributed by atoms with Crippen molar-refractivity contribution in [1.82, 2.24) is 9.97 Å². The van der Waals surface area contributed by atoms with Crippen LogP contribution in [0.1, 0.15) is 5.69 Å². The molecule has 2 N–H and O–H groups in total. The van der Waals surface area contributed by atoms with E-state index in [9.17, 15) is 17.6 Å². The lowest BCUT2D eigenvalue weighted by Crippen LogP contribution is -2.05. The van der Waals surface area contributed by atoms with Crippen molar-refractivity contribution in [2.24, 2.45) is 0 Å². The van der Waals surface area contributed by atoms with E-state index >= 15 is 0 Å². The van der Waals surface area contributed by atoms with Gasteiger partial charge in [0.15, 0.2) is 17.4 Å². The summed E-state index contributed by atoms with van der Waals surface area (Å²) in [5.74, 6) is -7.30. The van der Waals surface area contributed by atoms with Crippen LogP contribution in [0.3, 0.4) is 0 Å². The van der Waals surface area contributed by atoms with Crippen LogP contribution in [0.15, 0.2) is 18.5 Å². The predicted octanol–water partition coefficient (Wildman–Crippen LogP) is 2.19. The largest absolute Gasteiger partial charge is 0.481 e. The summed E-state index contributed by atoms with van der Waals surface area (Å²) >= 11 is 0. The molecule has 0 bridgehead atoms. The molecule has 4 nitrogen and oxygen atoms in total. The highest BCUT2D eigenvalue weighted by Crippen LogP contribution is 2.26. The average Bonchev–Trinajstić information content (AvgIpc) is 2.38. The van der Waals surface area contributed by atoms with Gasteiger partial charge >= 0.3 is 0 Å². The minimum atomic E-state index is -1.61. The maximum absolute atomic E-state index is 13.2. The van der Waals surface area contributed by atoms with Crippen molar-refractivity contribution in [3.05, 3.63) is 47.4 Å². The SMILES string of the molecule is Nc1cnc(COc2c(F)c(F)cc(F)c2F)cn1. The third-order valence-electron chi connectivity index (χ3n) is 2.16. The number of hydrogen-bond donors (Lipinski definition) is 1. The molecule has 0 fully saturated rings. The van der Waals surface area contributed by atoms with Crippen LogP contribution in [0.2, 0.25) is 0 Å². The molecule has 8 heteroatoms. The third-order valence-corrected chi connectivity index (χ3v) is 2.16. The second-order valence-electron chi connectivity index (χ2n) is 3.52. The molecule has 19 heavy (non-hydrogen) atoms. The number of nitrogens with two attached hydrogens (primary N) is 1. The molecule has 0 spiro atoms. The number of benzene rings is 1. The number of halogens is 4. The highest BCUT2D eigenvalue weighted by Gasteiger charge is 2.20. The van der Waals surface area contributed by atoms with Crippen molar-refractivity contribution in [2.75, 3.05) is 5.73 Å². The topological polar surface area (TPSA) is 61.0 Å². The van der Waals surface area contributed by atoms with Crippen molar-refractivity contribution < 1.29 is 22.3 Å². The van der Waals surface area contributed by atoms with Crippen LogP contribution in [-0.2, 0) is 6.61 Å². The Morgan fingerprint density at radius 2 is 1.63 bits per heavy atom. The van der Waals surface area contributed by atoms with E-state index < -0.39 is 35.6 Å². The van der Waals surface area contributed by atoms with Gasteiger partial charge in [-0.25, -0.2) is 13.8 Å². The normalized spacial score (nSPS) is 10.5. The summed E-state index contributed by atoms with van der Waals surface area (Å²) in [5, 5.41) is 0. The summed E-state index contributed by atoms with van der Waals surface area (Å²) in [7, 11) is 0. The molecule has 2 aromatic rings. The zero-order valence-electron chi connectivity index (χ0n) is 9.33. The fourth-order valence-corrected chi connectivity index (χ4v) is 1.26. The van der Waals surface area contributed by atoms with Crippen LogP contribution in [0.25, 0.3) is 0 Å². The number of rotatable bonds is 3. The van der Waals surface area contributed by atoms with E-state index in [0.29, 0.717) is 0 Å². The standard InChI is InChI=1S/C11H7F4N3O/c12-6-1-7(13)10(15)11(9(6)14)19-4-5-2-18-8(16)3-17-5/h1-3H,4H2,(H2,16,18). The Balaban J connectivity index is 2.22. The summed E-state index contributed by atoms with van der Waals surface area (Å²) in [6.07, 6.45) is 2.42. The summed E-state index contributed by atoms with van der Waals surface area (Å²) in [5.41, 5.74) is 5.48. The second-order valence-corrected chi connectivity index (χ2v) is 3.52. The quantitative estimate of drug-likeness (QED) is 0.688. The lowest BCUT2D eigenvalue weighted by atomic mass is 10.3. The van der Waals surface area contributed by atoms with Crippen molar-refractivity contribution in [3.63, 3.8) is 0 Å². The molecule has 0 atom stereocenters. The summed E-state index contributed by atoms with van der Waals surface area (Å²) in [6.45, 7) is -0.413. The smallest absolute Gasteiger partial charge is 0.203 e. The van der Waals surface area contributed by atoms with Crippen LogP contribution in [0.4, 0.5) is 23.4 Å². The van der Waals surface area contributed by atoms with Gasteiger partial charge in [0.25, 0.3) is 0 Å². The highest BCUT2D eigenvalue weighted by molar-refractivity contribution is 5.29. The van der Waals surface area contributed by atoms with Crippen molar-refractivity contribution in [1.29, 1.82) is 0 Å². The molecule has 0 unspecified atom stereocenters. The van der Waals surface area contributed by atoms with Gasteiger partial charge in [-0.15, -0.1) is 0 Å². The molecule has 1 aromatic heterocycles. The Morgan fingerprint density at radius 1 is 1.00 bits per heavy atom. The van der Waals surface area contributed by atoms with E-state index in [-0.39, 0.29) is 17.6 Å². The van der Waals surface area contributed by atoms with E-state index in [0.717, 1.165) is 0 Å². The molecule has 0 saturated carbocycles. The molecule has 1 heterocycles. The van der Waals surface area contributed by atoms with Gasteiger partial charge in [0.1, 0.15) is 12.4 Å². The van der Waals surface area contributed by atoms with Gasteiger partial charge in [-0.1, -0.05) is 0 Å².